The molecule has 2 aliphatic rings. The highest BCUT2D eigenvalue weighted by molar-refractivity contribution is 5.67. The molecule has 0 radical (unpaired) electrons. The van der Waals surface area contributed by atoms with Crippen molar-refractivity contribution in [2.24, 2.45) is 23.7 Å². The third-order valence-electron chi connectivity index (χ3n) is 5.41. The highest BCUT2D eigenvalue weighted by Gasteiger charge is 2.33. The number of allylic oxidation sites excluding steroid dienone is 4. The van der Waals surface area contributed by atoms with E-state index in [1.54, 1.807) is 0 Å². The number of hydrogen-bond acceptors (Lipinski definition) is 3. The molecule has 0 aromatic carbocycles. The van der Waals surface area contributed by atoms with E-state index in [0.29, 0.717) is 30.1 Å². The molecule has 0 amide bonds. The minimum atomic E-state index is -1.03. The van der Waals surface area contributed by atoms with Gasteiger partial charge in [-0.3, -0.25) is 4.79 Å². The largest absolute Gasteiger partial charge is 0.481 e. The number of aliphatic hydroxyl groups is 2. The van der Waals surface area contributed by atoms with Gasteiger partial charge in [0.1, 0.15) is 0 Å². The predicted octanol–water partition coefficient (Wildman–Crippen LogP) is 3.15. The maximum absolute atomic E-state index is 10.6. The Morgan fingerprint density at radius 3 is 2.70 bits per heavy atom. The molecular formula is C19H30O4. The maximum atomic E-state index is 10.6. The van der Waals surface area contributed by atoms with Gasteiger partial charge in [0.2, 0.25) is 0 Å². The van der Waals surface area contributed by atoms with Gasteiger partial charge in [-0.2, -0.15) is 0 Å². The lowest BCUT2D eigenvalue weighted by atomic mass is 9.66. The Hall–Kier alpha value is -1.13. The third-order valence-corrected chi connectivity index (χ3v) is 5.41. The SMILES string of the molecule is CC1C=C2C=C[C@H](C)[C@H](CC[C@@H](O)C[C@@H](O)CC(=O)O)[C@H]2CC1. The molecular weight excluding hydrogens is 292 g/mol. The van der Waals surface area contributed by atoms with E-state index < -0.39 is 18.2 Å². The second kappa shape index (κ2) is 8.11. The second-order valence-electron chi connectivity index (χ2n) is 7.43. The number of carboxylic acids is 1. The van der Waals surface area contributed by atoms with Crippen molar-refractivity contribution in [1.29, 1.82) is 0 Å². The van der Waals surface area contributed by atoms with Gasteiger partial charge in [0.15, 0.2) is 0 Å². The molecule has 0 aromatic heterocycles. The zero-order valence-electron chi connectivity index (χ0n) is 14.2. The van der Waals surface area contributed by atoms with Crippen LogP contribution in [0.2, 0.25) is 0 Å². The van der Waals surface area contributed by atoms with Crippen LogP contribution in [0.1, 0.15) is 52.4 Å². The highest BCUT2D eigenvalue weighted by Crippen LogP contribution is 2.43. The molecule has 130 valence electrons. The van der Waals surface area contributed by atoms with Gasteiger partial charge >= 0.3 is 5.97 Å². The van der Waals surface area contributed by atoms with Crippen molar-refractivity contribution in [2.45, 2.75) is 64.6 Å². The van der Waals surface area contributed by atoms with Crippen LogP contribution in [0.3, 0.4) is 0 Å². The van der Waals surface area contributed by atoms with Crippen LogP contribution in [0.4, 0.5) is 0 Å². The number of rotatable bonds is 7. The minimum Gasteiger partial charge on any atom is -0.481 e. The second-order valence-corrected chi connectivity index (χ2v) is 7.43. The van der Waals surface area contributed by atoms with Gasteiger partial charge in [-0.15, -0.1) is 0 Å². The summed E-state index contributed by atoms with van der Waals surface area (Å²) in [6.07, 6.45) is 9.17. The van der Waals surface area contributed by atoms with Gasteiger partial charge in [0, 0.05) is 0 Å². The Morgan fingerprint density at radius 1 is 1.26 bits per heavy atom. The first kappa shape index (κ1) is 18.2. The zero-order valence-corrected chi connectivity index (χ0v) is 14.2. The zero-order chi connectivity index (χ0) is 17.0. The molecule has 6 atom stereocenters. The number of aliphatic carboxylic acids is 1. The Morgan fingerprint density at radius 2 is 2.00 bits per heavy atom. The van der Waals surface area contributed by atoms with Gasteiger partial charge in [-0.1, -0.05) is 32.1 Å². The van der Waals surface area contributed by atoms with Crippen LogP contribution in [-0.2, 0) is 4.79 Å². The van der Waals surface area contributed by atoms with Crippen molar-refractivity contribution in [2.75, 3.05) is 0 Å². The van der Waals surface area contributed by atoms with Gasteiger partial charge in [0.25, 0.3) is 0 Å². The van der Waals surface area contributed by atoms with E-state index in [1.165, 1.54) is 18.4 Å². The Labute approximate surface area is 138 Å². The summed E-state index contributed by atoms with van der Waals surface area (Å²) in [4.78, 5) is 10.6. The van der Waals surface area contributed by atoms with Crippen LogP contribution in [0, 0.1) is 23.7 Å². The molecule has 4 nitrogen and oxygen atoms in total. The van der Waals surface area contributed by atoms with Crippen LogP contribution in [0.15, 0.2) is 23.8 Å². The molecule has 2 rings (SSSR count). The molecule has 2 aliphatic carbocycles. The lowest BCUT2D eigenvalue weighted by molar-refractivity contribution is -0.139. The smallest absolute Gasteiger partial charge is 0.305 e. The fourth-order valence-corrected chi connectivity index (χ4v) is 4.12. The standard InChI is InChI=1S/C19H30O4/c1-12-3-7-18-14(9-12)5-4-13(2)17(18)8-6-15(20)10-16(21)11-19(22)23/h4-5,9,12-13,15-18,20-21H,3,6-8,10-11H2,1-2H3,(H,22,23)/t12?,13-,15+,16+,17-,18-/m0/s1. The molecule has 0 saturated carbocycles. The van der Waals surface area contributed by atoms with E-state index in [4.69, 9.17) is 5.11 Å². The predicted molar refractivity (Wildman–Crippen MR) is 89.9 cm³/mol. The summed E-state index contributed by atoms with van der Waals surface area (Å²) < 4.78 is 0. The van der Waals surface area contributed by atoms with Crippen molar-refractivity contribution in [1.82, 2.24) is 0 Å². The lowest BCUT2D eigenvalue weighted by Crippen LogP contribution is -2.30. The summed E-state index contributed by atoms with van der Waals surface area (Å²) in [6, 6.07) is 0. The van der Waals surface area contributed by atoms with Crippen LogP contribution in [0.5, 0.6) is 0 Å². The van der Waals surface area contributed by atoms with E-state index in [1.807, 2.05) is 0 Å². The quantitative estimate of drug-likeness (QED) is 0.673. The molecule has 0 fully saturated rings. The number of hydrogen-bond donors (Lipinski definition) is 3. The highest BCUT2D eigenvalue weighted by atomic mass is 16.4. The van der Waals surface area contributed by atoms with Gasteiger partial charge in [0.05, 0.1) is 18.6 Å². The van der Waals surface area contributed by atoms with Crippen molar-refractivity contribution >= 4 is 5.97 Å². The fraction of sp³-hybridized carbons (Fsp3) is 0.737. The summed E-state index contributed by atoms with van der Waals surface area (Å²) in [5.74, 6) is 1.24. The lowest BCUT2D eigenvalue weighted by Gasteiger charge is -2.39. The van der Waals surface area contributed by atoms with Crippen molar-refractivity contribution < 1.29 is 20.1 Å². The molecule has 23 heavy (non-hydrogen) atoms. The number of fused-ring (bicyclic) bond motifs is 1. The first-order chi connectivity index (χ1) is 10.9. The Kier molecular flexibility index (Phi) is 6.42. The molecule has 0 bridgehead atoms. The Balaban J connectivity index is 1.88. The summed E-state index contributed by atoms with van der Waals surface area (Å²) in [6.45, 7) is 4.50. The van der Waals surface area contributed by atoms with Crippen molar-refractivity contribution in [3.8, 4) is 0 Å². The molecule has 0 heterocycles. The normalized spacial score (nSPS) is 32.8. The first-order valence-electron chi connectivity index (χ1n) is 8.84. The van der Waals surface area contributed by atoms with E-state index >= 15 is 0 Å². The van der Waals surface area contributed by atoms with Crippen LogP contribution >= 0.6 is 0 Å². The van der Waals surface area contributed by atoms with E-state index in [2.05, 4.69) is 32.1 Å². The van der Waals surface area contributed by atoms with Gasteiger partial charge in [-0.25, -0.2) is 0 Å². The van der Waals surface area contributed by atoms with Crippen LogP contribution < -0.4 is 0 Å². The van der Waals surface area contributed by atoms with E-state index in [-0.39, 0.29) is 12.8 Å². The molecule has 1 unspecified atom stereocenters. The summed E-state index contributed by atoms with van der Waals surface area (Å²) in [5, 5.41) is 28.4. The molecule has 0 aromatic rings. The fourth-order valence-electron chi connectivity index (χ4n) is 4.12. The average molecular weight is 322 g/mol. The number of aliphatic hydroxyl groups excluding tert-OH is 2. The van der Waals surface area contributed by atoms with Gasteiger partial charge < -0.3 is 15.3 Å². The van der Waals surface area contributed by atoms with Crippen LogP contribution in [-0.4, -0.2) is 33.5 Å². The molecule has 4 heteroatoms. The number of carboxylic acid groups (broad SMARTS) is 1. The molecule has 0 saturated heterocycles. The monoisotopic (exact) mass is 322 g/mol. The molecule has 3 N–H and O–H groups in total. The van der Waals surface area contributed by atoms with E-state index in [9.17, 15) is 15.0 Å². The third kappa shape index (κ3) is 5.18. The van der Waals surface area contributed by atoms with Crippen LogP contribution in [0.25, 0.3) is 0 Å². The number of carbonyl (C=O) groups is 1. The first-order valence-corrected chi connectivity index (χ1v) is 8.84. The summed E-state index contributed by atoms with van der Waals surface area (Å²) in [7, 11) is 0. The average Bonchev–Trinajstić information content (AvgIpc) is 2.45. The molecule has 0 aliphatic heterocycles. The molecule has 0 spiro atoms. The Bertz CT molecular complexity index is 468. The van der Waals surface area contributed by atoms with E-state index in [0.717, 1.165) is 6.42 Å². The topological polar surface area (TPSA) is 77.8 Å². The summed E-state index contributed by atoms with van der Waals surface area (Å²) >= 11 is 0. The van der Waals surface area contributed by atoms with Crippen molar-refractivity contribution in [3.05, 3.63) is 23.8 Å². The summed E-state index contributed by atoms with van der Waals surface area (Å²) in [5.41, 5.74) is 1.45. The maximum Gasteiger partial charge on any atom is 0.305 e. The van der Waals surface area contributed by atoms with Crippen molar-refractivity contribution in [3.63, 3.8) is 0 Å². The minimum absolute atomic E-state index is 0.146. The van der Waals surface area contributed by atoms with Gasteiger partial charge in [-0.05, 0) is 61.3 Å².